The first-order valence-electron chi connectivity index (χ1n) is 4.71. The second kappa shape index (κ2) is 7.99. The topological polar surface area (TPSA) is 35.2 Å². The maximum atomic E-state index is 5.76. The van der Waals surface area contributed by atoms with E-state index in [4.69, 9.17) is 10.5 Å². The molecule has 0 saturated carbocycles. The highest BCUT2D eigenvalue weighted by molar-refractivity contribution is 7.99. The molecule has 0 spiro atoms. The molecule has 0 amide bonds. The lowest BCUT2D eigenvalue weighted by molar-refractivity contribution is 0.218. The SMILES string of the molecule is COCCSc1ccc(C(C)N)cc1.Cl. The van der Waals surface area contributed by atoms with Gasteiger partial charge in [0, 0.05) is 23.8 Å². The Bertz CT molecular complexity index is 264. The minimum atomic E-state index is 0. The van der Waals surface area contributed by atoms with Crippen molar-refractivity contribution in [2.45, 2.75) is 17.9 Å². The maximum absolute atomic E-state index is 5.76. The van der Waals surface area contributed by atoms with E-state index in [9.17, 15) is 0 Å². The molecular formula is C11H18ClNOS. The van der Waals surface area contributed by atoms with Crippen LogP contribution in [0.25, 0.3) is 0 Å². The Hall–Kier alpha value is -0.220. The van der Waals surface area contributed by atoms with Crippen LogP contribution < -0.4 is 5.73 Å². The van der Waals surface area contributed by atoms with Crippen molar-refractivity contribution in [3.63, 3.8) is 0 Å². The van der Waals surface area contributed by atoms with Crippen LogP contribution in [0, 0.1) is 0 Å². The molecule has 0 fully saturated rings. The summed E-state index contributed by atoms with van der Waals surface area (Å²) in [6.07, 6.45) is 0. The lowest BCUT2D eigenvalue weighted by Crippen LogP contribution is -2.04. The Balaban J connectivity index is 0.00000196. The number of halogens is 1. The van der Waals surface area contributed by atoms with Gasteiger partial charge in [-0.25, -0.2) is 0 Å². The average Bonchev–Trinajstić information content (AvgIpc) is 2.19. The van der Waals surface area contributed by atoms with Gasteiger partial charge in [0.25, 0.3) is 0 Å². The predicted octanol–water partition coefficient (Wildman–Crippen LogP) is 2.87. The first-order chi connectivity index (χ1) is 6.74. The van der Waals surface area contributed by atoms with Gasteiger partial charge >= 0.3 is 0 Å². The molecule has 0 radical (unpaired) electrons. The lowest BCUT2D eigenvalue weighted by atomic mass is 10.1. The van der Waals surface area contributed by atoms with E-state index in [-0.39, 0.29) is 18.4 Å². The van der Waals surface area contributed by atoms with Crippen molar-refractivity contribution in [1.82, 2.24) is 0 Å². The zero-order chi connectivity index (χ0) is 10.4. The minimum absolute atomic E-state index is 0. The van der Waals surface area contributed by atoms with Crippen molar-refractivity contribution < 1.29 is 4.74 Å². The fourth-order valence-electron chi connectivity index (χ4n) is 1.11. The fraction of sp³-hybridized carbons (Fsp3) is 0.455. The molecule has 1 rings (SSSR count). The molecular weight excluding hydrogens is 230 g/mol. The summed E-state index contributed by atoms with van der Waals surface area (Å²) < 4.78 is 4.98. The van der Waals surface area contributed by atoms with Crippen molar-refractivity contribution in [3.8, 4) is 0 Å². The number of ether oxygens (including phenoxy) is 1. The quantitative estimate of drug-likeness (QED) is 0.642. The lowest BCUT2D eigenvalue weighted by Gasteiger charge is -2.06. The Morgan fingerprint density at radius 3 is 2.40 bits per heavy atom. The van der Waals surface area contributed by atoms with Crippen molar-refractivity contribution in [1.29, 1.82) is 0 Å². The minimum Gasteiger partial charge on any atom is -0.384 e. The third-order valence-corrected chi connectivity index (χ3v) is 2.94. The molecule has 0 bridgehead atoms. The van der Waals surface area contributed by atoms with Crippen molar-refractivity contribution in [2.24, 2.45) is 5.73 Å². The highest BCUT2D eigenvalue weighted by atomic mass is 35.5. The van der Waals surface area contributed by atoms with E-state index in [1.165, 1.54) is 10.5 Å². The summed E-state index contributed by atoms with van der Waals surface area (Å²) in [4.78, 5) is 1.27. The van der Waals surface area contributed by atoms with Gasteiger partial charge in [-0.1, -0.05) is 12.1 Å². The molecule has 0 aliphatic rings. The smallest absolute Gasteiger partial charge is 0.0556 e. The zero-order valence-electron chi connectivity index (χ0n) is 9.10. The second-order valence-corrected chi connectivity index (χ2v) is 4.37. The zero-order valence-corrected chi connectivity index (χ0v) is 10.7. The molecule has 1 aromatic carbocycles. The van der Waals surface area contributed by atoms with Gasteiger partial charge in [0.05, 0.1) is 6.61 Å². The van der Waals surface area contributed by atoms with E-state index in [0.717, 1.165) is 12.4 Å². The number of methoxy groups -OCH3 is 1. The van der Waals surface area contributed by atoms with E-state index in [2.05, 4.69) is 24.3 Å². The molecule has 1 aromatic rings. The van der Waals surface area contributed by atoms with Gasteiger partial charge in [-0.05, 0) is 24.6 Å². The van der Waals surface area contributed by atoms with Crippen LogP contribution in [0.1, 0.15) is 18.5 Å². The summed E-state index contributed by atoms with van der Waals surface area (Å²) in [5.41, 5.74) is 6.94. The average molecular weight is 248 g/mol. The molecule has 0 heterocycles. The molecule has 1 unspecified atom stereocenters. The first kappa shape index (κ1) is 14.8. The predicted molar refractivity (Wildman–Crippen MR) is 68.9 cm³/mol. The normalized spacial score (nSPS) is 11.9. The van der Waals surface area contributed by atoms with Crippen LogP contribution in [0.2, 0.25) is 0 Å². The van der Waals surface area contributed by atoms with Crippen molar-refractivity contribution in [2.75, 3.05) is 19.5 Å². The summed E-state index contributed by atoms with van der Waals surface area (Å²) >= 11 is 1.80. The number of benzene rings is 1. The van der Waals surface area contributed by atoms with E-state index < -0.39 is 0 Å². The molecule has 0 aliphatic heterocycles. The van der Waals surface area contributed by atoms with Gasteiger partial charge in [0.2, 0.25) is 0 Å². The number of thioether (sulfide) groups is 1. The summed E-state index contributed by atoms with van der Waals surface area (Å²) in [7, 11) is 1.72. The van der Waals surface area contributed by atoms with E-state index >= 15 is 0 Å². The molecule has 4 heteroatoms. The summed E-state index contributed by atoms with van der Waals surface area (Å²) in [6.45, 7) is 2.78. The molecule has 0 aliphatic carbocycles. The Morgan fingerprint density at radius 2 is 1.93 bits per heavy atom. The molecule has 86 valence electrons. The van der Waals surface area contributed by atoms with Gasteiger partial charge < -0.3 is 10.5 Å². The van der Waals surface area contributed by atoms with Gasteiger partial charge in [-0.15, -0.1) is 24.2 Å². The molecule has 2 nitrogen and oxygen atoms in total. The van der Waals surface area contributed by atoms with E-state index in [1.807, 2.05) is 6.92 Å². The van der Waals surface area contributed by atoms with Crippen LogP contribution in [0.4, 0.5) is 0 Å². The van der Waals surface area contributed by atoms with Crippen molar-refractivity contribution in [3.05, 3.63) is 29.8 Å². The van der Waals surface area contributed by atoms with Crippen LogP contribution in [0.15, 0.2) is 29.2 Å². The van der Waals surface area contributed by atoms with Crippen LogP contribution >= 0.6 is 24.2 Å². The molecule has 0 saturated heterocycles. The van der Waals surface area contributed by atoms with Gasteiger partial charge in [-0.2, -0.15) is 0 Å². The van der Waals surface area contributed by atoms with E-state index in [1.54, 1.807) is 18.9 Å². The highest BCUT2D eigenvalue weighted by Crippen LogP contribution is 2.19. The molecule has 2 N–H and O–H groups in total. The number of nitrogens with two attached hydrogens (primary N) is 1. The van der Waals surface area contributed by atoms with Crippen LogP contribution in [-0.4, -0.2) is 19.5 Å². The number of hydrogen-bond acceptors (Lipinski definition) is 3. The first-order valence-corrected chi connectivity index (χ1v) is 5.70. The Morgan fingerprint density at radius 1 is 1.33 bits per heavy atom. The third-order valence-electron chi connectivity index (χ3n) is 1.96. The molecule has 1 atom stereocenters. The number of hydrogen-bond donors (Lipinski definition) is 1. The maximum Gasteiger partial charge on any atom is 0.0556 e. The van der Waals surface area contributed by atoms with Crippen LogP contribution in [0.5, 0.6) is 0 Å². The highest BCUT2D eigenvalue weighted by Gasteiger charge is 1.98. The van der Waals surface area contributed by atoms with Crippen LogP contribution in [-0.2, 0) is 4.74 Å². The monoisotopic (exact) mass is 247 g/mol. The van der Waals surface area contributed by atoms with Gasteiger partial charge in [-0.3, -0.25) is 0 Å². The summed E-state index contributed by atoms with van der Waals surface area (Å²) in [6, 6.07) is 8.51. The van der Waals surface area contributed by atoms with Crippen LogP contribution in [0.3, 0.4) is 0 Å². The van der Waals surface area contributed by atoms with Gasteiger partial charge in [0.1, 0.15) is 0 Å². The van der Waals surface area contributed by atoms with Gasteiger partial charge in [0.15, 0.2) is 0 Å². The molecule has 0 aromatic heterocycles. The number of rotatable bonds is 5. The van der Waals surface area contributed by atoms with Crippen molar-refractivity contribution >= 4 is 24.2 Å². The second-order valence-electron chi connectivity index (χ2n) is 3.20. The largest absolute Gasteiger partial charge is 0.384 e. The fourth-order valence-corrected chi connectivity index (χ4v) is 1.92. The van der Waals surface area contributed by atoms with E-state index in [0.29, 0.717) is 0 Å². The standard InChI is InChI=1S/C11H17NOS.ClH/c1-9(12)10-3-5-11(6-4-10)14-8-7-13-2;/h3-6,9H,7-8,12H2,1-2H3;1H. The Kier molecular flexibility index (Phi) is 7.88. The summed E-state index contributed by atoms with van der Waals surface area (Å²) in [5, 5.41) is 0. The third kappa shape index (κ3) is 5.42. The molecule has 15 heavy (non-hydrogen) atoms. The summed E-state index contributed by atoms with van der Waals surface area (Å²) in [5.74, 6) is 0.994. The Labute approximate surface area is 102 Å².